The average molecular weight is 320 g/mol. The Hall–Kier alpha value is -1.42. The first-order valence-corrected chi connectivity index (χ1v) is 7.03. The largest absolute Gasteiger partial charge is 0.373 e. The van der Waals surface area contributed by atoms with Crippen molar-refractivity contribution in [2.45, 2.75) is 26.2 Å². The van der Waals surface area contributed by atoms with E-state index in [1.54, 1.807) is 0 Å². The molecule has 3 nitrogen and oxygen atoms in total. The molecule has 0 amide bonds. The van der Waals surface area contributed by atoms with Crippen LogP contribution in [0.3, 0.4) is 0 Å². The third kappa shape index (κ3) is 3.32. The summed E-state index contributed by atoms with van der Waals surface area (Å²) in [5.41, 5.74) is 2.04. The molecule has 0 aliphatic heterocycles. The molecule has 4 heteroatoms. The third-order valence-corrected chi connectivity index (χ3v) is 3.33. The summed E-state index contributed by atoms with van der Waals surface area (Å²) < 4.78 is 1.03. The molecule has 1 aromatic carbocycles. The molecule has 0 saturated heterocycles. The molecule has 0 spiro atoms. The lowest BCUT2D eigenvalue weighted by Crippen LogP contribution is -2.15. The lowest BCUT2D eigenvalue weighted by atomic mass is 9.92. The Morgan fingerprint density at radius 3 is 2.42 bits per heavy atom. The molecule has 19 heavy (non-hydrogen) atoms. The first-order valence-electron chi connectivity index (χ1n) is 6.23. The summed E-state index contributed by atoms with van der Waals surface area (Å²) in [5, 5.41) is 3.10. The Morgan fingerprint density at radius 1 is 1.11 bits per heavy atom. The summed E-state index contributed by atoms with van der Waals surface area (Å²) in [5.74, 6) is 1.59. The Kier molecular flexibility index (Phi) is 3.90. The van der Waals surface area contributed by atoms with Crippen molar-refractivity contribution in [3.8, 4) is 11.4 Å². The minimum absolute atomic E-state index is 0.00466. The minimum atomic E-state index is -0.00466. The van der Waals surface area contributed by atoms with Crippen molar-refractivity contribution >= 4 is 21.7 Å². The first kappa shape index (κ1) is 14.0. The van der Waals surface area contributed by atoms with Gasteiger partial charge in [0.2, 0.25) is 0 Å². The van der Waals surface area contributed by atoms with E-state index >= 15 is 0 Å². The van der Waals surface area contributed by atoms with Crippen LogP contribution in [-0.2, 0) is 5.41 Å². The molecule has 2 aromatic rings. The number of aromatic nitrogens is 2. The average Bonchev–Trinajstić information content (AvgIpc) is 2.37. The van der Waals surface area contributed by atoms with Gasteiger partial charge in [0.25, 0.3) is 0 Å². The van der Waals surface area contributed by atoms with Crippen LogP contribution in [0.1, 0.15) is 26.5 Å². The van der Waals surface area contributed by atoms with E-state index in [2.05, 4.69) is 47.0 Å². The molecular formula is C15H18BrN3. The SMILES string of the molecule is CNc1cc(C(C)(C)C)nc(-c2cccc(Br)c2)n1. The zero-order chi connectivity index (χ0) is 14.0. The van der Waals surface area contributed by atoms with Crippen LogP contribution in [0, 0.1) is 0 Å². The maximum absolute atomic E-state index is 4.69. The summed E-state index contributed by atoms with van der Waals surface area (Å²) in [6.07, 6.45) is 0. The summed E-state index contributed by atoms with van der Waals surface area (Å²) in [6.45, 7) is 6.46. The van der Waals surface area contributed by atoms with E-state index in [-0.39, 0.29) is 5.41 Å². The number of nitrogens with zero attached hydrogens (tertiary/aromatic N) is 2. The van der Waals surface area contributed by atoms with Gasteiger partial charge < -0.3 is 5.32 Å². The fourth-order valence-electron chi connectivity index (χ4n) is 1.72. The molecule has 1 N–H and O–H groups in total. The van der Waals surface area contributed by atoms with Gasteiger partial charge in [0.1, 0.15) is 5.82 Å². The molecule has 0 aliphatic carbocycles. The molecule has 1 aromatic heterocycles. The zero-order valence-corrected chi connectivity index (χ0v) is 13.2. The molecule has 0 aliphatic rings. The van der Waals surface area contributed by atoms with E-state index in [0.29, 0.717) is 0 Å². The Balaban J connectivity index is 2.57. The van der Waals surface area contributed by atoms with Crippen LogP contribution < -0.4 is 5.32 Å². The van der Waals surface area contributed by atoms with Crippen molar-refractivity contribution in [3.63, 3.8) is 0 Å². The molecular weight excluding hydrogens is 302 g/mol. The van der Waals surface area contributed by atoms with Gasteiger partial charge in [-0.05, 0) is 12.1 Å². The van der Waals surface area contributed by atoms with Crippen LogP contribution in [0.5, 0.6) is 0 Å². The molecule has 0 bridgehead atoms. The van der Waals surface area contributed by atoms with Crippen LogP contribution in [0.4, 0.5) is 5.82 Å². The topological polar surface area (TPSA) is 37.8 Å². The normalized spacial score (nSPS) is 11.4. The third-order valence-electron chi connectivity index (χ3n) is 2.83. The monoisotopic (exact) mass is 319 g/mol. The predicted octanol–water partition coefficient (Wildman–Crippen LogP) is 4.25. The maximum Gasteiger partial charge on any atom is 0.161 e. The molecule has 2 rings (SSSR count). The second-order valence-electron chi connectivity index (χ2n) is 5.47. The van der Waals surface area contributed by atoms with Crippen molar-refractivity contribution in [3.05, 3.63) is 40.5 Å². The van der Waals surface area contributed by atoms with Gasteiger partial charge in [0.15, 0.2) is 5.82 Å². The van der Waals surface area contributed by atoms with Crippen molar-refractivity contribution in [2.24, 2.45) is 0 Å². The lowest BCUT2D eigenvalue weighted by Gasteiger charge is -2.19. The molecule has 0 unspecified atom stereocenters. The van der Waals surface area contributed by atoms with E-state index in [1.807, 2.05) is 37.4 Å². The van der Waals surface area contributed by atoms with Gasteiger partial charge in [-0.3, -0.25) is 0 Å². The standard InChI is InChI=1S/C15H18BrN3/c1-15(2,3)12-9-13(17-4)19-14(18-12)10-6-5-7-11(16)8-10/h5-9H,1-4H3,(H,17,18,19). The molecule has 0 saturated carbocycles. The minimum Gasteiger partial charge on any atom is -0.373 e. The second-order valence-corrected chi connectivity index (χ2v) is 6.39. The van der Waals surface area contributed by atoms with Crippen molar-refractivity contribution in [2.75, 3.05) is 12.4 Å². The van der Waals surface area contributed by atoms with E-state index in [1.165, 1.54) is 0 Å². The molecule has 0 fully saturated rings. The molecule has 100 valence electrons. The number of hydrogen-bond acceptors (Lipinski definition) is 3. The van der Waals surface area contributed by atoms with Gasteiger partial charge in [-0.25, -0.2) is 9.97 Å². The van der Waals surface area contributed by atoms with Crippen LogP contribution in [0.25, 0.3) is 11.4 Å². The van der Waals surface area contributed by atoms with Crippen molar-refractivity contribution in [1.82, 2.24) is 9.97 Å². The van der Waals surface area contributed by atoms with Crippen molar-refractivity contribution in [1.29, 1.82) is 0 Å². The maximum atomic E-state index is 4.69. The number of benzene rings is 1. The first-order chi connectivity index (χ1) is 8.90. The van der Waals surface area contributed by atoms with E-state index < -0.39 is 0 Å². The van der Waals surface area contributed by atoms with Gasteiger partial charge in [0, 0.05) is 28.6 Å². The molecule has 1 heterocycles. The van der Waals surface area contributed by atoms with Crippen LogP contribution in [-0.4, -0.2) is 17.0 Å². The highest BCUT2D eigenvalue weighted by molar-refractivity contribution is 9.10. The molecule has 0 radical (unpaired) electrons. The quantitative estimate of drug-likeness (QED) is 0.899. The summed E-state index contributed by atoms with van der Waals surface area (Å²) >= 11 is 3.48. The smallest absolute Gasteiger partial charge is 0.161 e. The number of hydrogen-bond donors (Lipinski definition) is 1. The Labute approximate surface area is 122 Å². The summed E-state index contributed by atoms with van der Waals surface area (Å²) in [4.78, 5) is 9.23. The summed E-state index contributed by atoms with van der Waals surface area (Å²) in [7, 11) is 1.87. The van der Waals surface area contributed by atoms with E-state index in [9.17, 15) is 0 Å². The van der Waals surface area contributed by atoms with Gasteiger partial charge >= 0.3 is 0 Å². The fraction of sp³-hybridized carbons (Fsp3) is 0.333. The molecule has 0 atom stereocenters. The second kappa shape index (κ2) is 5.29. The van der Waals surface area contributed by atoms with Crippen LogP contribution >= 0.6 is 15.9 Å². The van der Waals surface area contributed by atoms with Crippen molar-refractivity contribution < 1.29 is 0 Å². The Morgan fingerprint density at radius 2 is 1.84 bits per heavy atom. The van der Waals surface area contributed by atoms with Gasteiger partial charge in [0.05, 0.1) is 5.69 Å². The number of halogens is 1. The Bertz CT molecular complexity index is 588. The van der Waals surface area contributed by atoms with Gasteiger partial charge in [-0.1, -0.05) is 48.8 Å². The van der Waals surface area contributed by atoms with Crippen LogP contribution in [0.15, 0.2) is 34.8 Å². The fourth-order valence-corrected chi connectivity index (χ4v) is 2.12. The van der Waals surface area contributed by atoms with Gasteiger partial charge in [-0.15, -0.1) is 0 Å². The van der Waals surface area contributed by atoms with E-state index in [4.69, 9.17) is 4.98 Å². The number of rotatable bonds is 2. The zero-order valence-electron chi connectivity index (χ0n) is 11.7. The highest BCUT2D eigenvalue weighted by Crippen LogP contribution is 2.26. The summed E-state index contributed by atoms with van der Waals surface area (Å²) in [6, 6.07) is 10.0. The van der Waals surface area contributed by atoms with E-state index in [0.717, 1.165) is 27.4 Å². The highest BCUT2D eigenvalue weighted by Gasteiger charge is 2.18. The number of nitrogens with one attached hydrogen (secondary N) is 1. The highest BCUT2D eigenvalue weighted by atomic mass is 79.9. The number of anilines is 1. The van der Waals surface area contributed by atoms with Gasteiger partial charge in [-0.2, -0.15) is 0 Å². The van der Waals surface area contributed by atoms with Crippen LogP contribution in [0.2, 0.25) is 0 Å². The lowest BCUT2D eigenvalue weighted by molar-refractivity contribution is 0.568. The predicted molar refractivity (Wildman–Crippen MR) is 83.4 cm³/mol.